The van der Waals surface area contributed by atoms with Crippen LogP contribution >= 0.6 is 23.2 Å². The number of hydrogen-bond donors (Lipinski definition) is 0. The Morgan fingerprint density at radius 2 is 1.53 bits per heavy atom. The molecule has 0 radical (unpaired) electrons. The lowest BCUT2D eigenvalue weighted by Crippen LogP contribution is -2.45. The van der Waals surface area contributed by atoms with Crippen LogP contribution in [0.1, 0.15) is 58.4 Å². The molecule has 2 fully saturated rings. The van der Waals surface area contributed by atoms with Crippen molar-refractivity contribution in [3.8, 4) is 0 Å². The summed E-state index contributed by atoms with van der Waals surface area (Å²) in [5, 5.41) is 1.01. The molecule has 0 amide bonds. The minimum Gasteiger partial charge on any atom is -0.308 e. The van der Waals surface area contributed by atoms with Crippen LogP contribution in [0.3, 0.4) is 0 Å². The van der Waals surface area contributed by atoms with Gasteiger partial charge in [-0.25, -0.2) is 4.79 Å². The molecule has 4 rings (SSSR count). The van der Waals surface area contributed by atoms with Crippen molar-refractivity contribution < 1.29 is 0 Å². The Labute approximate surface area is 202 Å². The second-order valence-corrected chi connectivity index (χ2v) is 11.3. The number of fused-ring (bicyclic) bond motifs is 1. The van der Waals surface area contributed by atoms with Crippen molar-refractivity contribution in [1.29, 1.82) is 0 Å². The standard InChI is InChI=1S/C25H38Cl2N4O/c1-17(2)18-5-7-19(8-6-18)29-11-9-20(10-12-29)31-24-16-22(27)21(26)15-23(24)30(25(31)32)14-13-28(3)4/h15-20H,5-14H2,1-4H3. The average Bonchev–Trinajstić information content (AvgIpc) is 3.03. The molecule has 0 unspecified atom stereocenters. The molecular weight excluding hydrogens is 443 g/mol. The van der Waals surface area contributed by atoms with Gasteiger partial charge in [-0.1, -0.05) is 37.0 Å². The smallest absolute Gasteiger partial charge is 0.308 e. The van der Waals surface area contributed by atoms with Crippen molar-refractivity contribution >= 4 is 34.2 Å². The molecule has 2 heterocycles. The highest BCUT2D eigenvalue weighted by molar-refractivity contribution is 6.42. The Morgan fingerprint density at radius 3 is 2.09 bits per heavy atom. The van der Waals surface area contributed by atoms with Gasteiger partial charge >= 0.3 is 5.69 Å². The maximum absolute atomic E-state index is 13.5. The van der Waals surface area contributed by atoms with E-state index in [4.69, 9.17) is 23.2 Å². The molecule has 2 aliphatic rings. The molecule has 1 saturated heterocycles. The van der Waals surface area contributed by atoms with Gasteiger partial charge in [0.15, 0.2) is 0 Å². The third-order valence-electron chi connectivity index (χ3n) is 7.84. The fourth-order valence-corrected chi connectivity index (χ4v) is 6.10. The first-order valence-corrected chi connectivity index (χ1v) is 13.0. The third kappa shape index (κ3) is 4.91. The number of likely N-dealkylation sites (N-methyl/N-ethyl adjacent to an activating group) is 1. The van der Waals surface area contributed by atoms with E-state index in [1.165, 1.54) is 25.7 Å². The largest absolute Gasteiger partial charge is 0.329 e. The summed E-state index contributed by atoms with van der Waals surface area (Å²) in [6, 6.07) is 4.67. The molecule has 0 spiro atoms. The van der Waals surface area contributed by atoms with Crippen LogP contribution in [-0.4, -0.2) is 58.7 Å². The number of likely N-dealkylation sites (tertiary alicyclic amines) is 1. The summed E-state index contributed by atoms with van der Waals surface area (Å²) in [7, 11) is 4.05. The van der Waals surface area contributed by atoms with Gasteiger partial charge < -0.3 is 9.80 Å². The first-order valence-electron chi connectivity index (χ1n) is 12.2. The molecule has 1 aliphatic heterocycles. The maximum Gasteiger partial charge on any atom is 0.329 e. The van der Waals surface area contributed by atoms with Gasteiger partial charge in [0, 0.05) is 38.3 Å². The lowest BCUT2D eigenvalue weighted by Gasteiger charge is -2.41. The van der Waals surface area contributed by atoms with Gasteiger partial charge in [0.1, 0.15) is 0 Å². The van der Waals surface area contributed by atoms with Gasteiger partial charge in [-0.05, 0) is 76.6 Å². The van der Waals surface area contributed by atoms with Crippen molar-refractivity contribution in [1.82, 2.24) is 18.9 Å². The molecule has 1 aromatic heterocycles. The predicted molar refractivity (Wildman–Crippen MR) is 135 cm³/mol. The fourth-order valence-electron chi connectivity index (χ4n) is 5.78. The number of piperidine rings is 1. The van der Waals surface area contributed by atoms with Crippen molar-refractivity contribution in [3.05, 3.63) is 32.7 Å². The summed E-state index contributed by atoms with van der Waals surface area (Å²) in [4.78, 5) is 18.3. The molecule has 7 heteroatoms. The van der Waals surface area contributed by atoms with Crippen LogP contribution in [0.25, 0.3) is 11.0 Å². The van der Waals surface area contributed by atoms with E-state index in [9.17, 15) is 4.79 Å². The fraction of sp³-hybridized carbons (Fsp3) is 0.720. The number of imidazole rings is 1. The zero-order valence-electron chi connectivity index (χ0n) is 20.0. The highest BCUT2D eigenvalue weighted by Gasteiger charge is 2.31. The van der Waals surface area contributed by atoms with Crippen LogP contribution in [-0.2, 0) is 6.54 Å². The molecule has 5 nitrogen and oxygen atoms in total. The highest BCUT2D eigenvalue weighted by Crippen LogP contribution is 2.35. The number of aromatic nitrogens is 2. The van der Waals surface area contributed by atoms with E-state index in [-0.39, 0.29) is 11.7 Å². The van der Waals surface area contributed by atoms with Gasteiger partial charge in [0.2, 0.25) is 0 Å². The molecule has 0 bridgehead atoms. The second-order valence-electron chi connectivity index (χ2n) is 10.4. The first-order chi connectivity index (χ1) is 15.3. The minimum atomic E-state index is 0.0658. The minimum absolute atomic E-state index is 0.0658. The number of hydrogen-bond acceptors (Lipinski definition) is 3. The average molecular weight is 482 g/mol. The summed E-state index contributed by atoms with van der Waals surface area (Å²) in [5.41, 5.74) is 1.87. The van der Waals surface area contributed by atoms with Crippen molar-refractivity contribution in [2.75, 3.05) is 33.7 Å². The van der Waals surface area contributed by atoms with Gasteiger partial charge in [-0.3, -0.25) is 9.13 Å². The quantitative estimate of drug-likeness (QED) is 0.545. The monoisotopic (exact) mass is 480 g/mol. The maximum atomic E-state index is 13.5. The molecule has 1 aliphatic carbocycles. The van der Waals surface area contributed by atoms with E-state index in [2.05, 4.69) is 23.6 Å². The van der Waals surface area contributed by atoms with E-state index in [0.717, 1.165) is 61.4 Å². The number of halogens is 2. The molecule has 0 atom stereocenters. The summed E-state index contributed by atoms with van der Waals surface area (Å²) in [6.45, 7) is 8.31. The predicted octanol–water partition coefficient (Wildman–Crippen LogP) is 5.52. The molecule has 1 aromatic carbocycles. The van der Waals surface area contributed by atoms with E-state index in [0.29, 0.717) is 16.6 Å². The zero-order valence-corrected chi connectivity index (χ0v) is 21.5. The second kappa shape index (κ2) is 10.1. The van der Waals surface area contributed by atoms with Crippen LogP contribution in [0.15, 0.2) is 16.9 Å². The zero-order chi connectivity index (χ0) is 23.0. The summed E-state index contributed by atoms with van der Waals surface area (Å²) < 4.78 is 3.87. The summed E-state index contributed by atoms with van der Waals surface area (Å²) >= 11 is 12.7. The van der Waals surface area contributed by atoms with E-state index < -0.39 is 0 Å². The Bertz CT molecular complexity index is 980. The van der Waals surface area contributed by atoms with Crippen LogP contribution in [0.2, 0.25) is 10.0 Å². The molecule has 178 valence electrons. The third-order valence-corrected chi connectivity index (χ3v) is 8.56. The van der Waals surface area contributed by atoms with Crippen molar-refractivity contribution in [3.63, 3.8) is 0 Å². The Morgan fingerprint density at radius 1 is 0.938 bits per heavy atom. The number of nitrogens with zero attached hydrogens (tertiary/aromatic N) is 4. The molecule has 2 aromatic rings. The lowest BCUT2D eigenvalue weighted by molar-refractivity contribution is 0.0886. The Balaban J connectivity index is 1.52. The summed E-state index contributed by atoms with van der Waals surface area (Å²) in [6.07, 6.45) is 7.39. The van der Waals surface area contributed by atoms with Crippen LogP contribution in [0, 0.1) is 11.8 Å². The molecular formula is C25H38Cl2N4O. The Hall–Kier alpha value is -1.01. The highest BCUT2D eigenvalue weighted by atomic mass is 35.5. The van der Waals surface area contributed by atoms with Gasteiger partial charge in [-0.2, -0.15) is 0 Å². The van der Waals surface area contributed by atoms with Crippen LogP contribution in [0.4, 0.5) is 0 Å². The lowest BCUT2D eigenvalue weighted by atomic mass is 9.79. The van der Waals surface area contributed by atoms with Crippen LogP contribution < -0.4 is 5.69 Å². The first kappa shape index (κ1) is 24.1. The van der Waals surface area contributed by atoms with Gasteiger partial charge in [0.25, 0.3) is 0 Å². The number of benzene rings is 1. The molecule has 0 N–H and O–H groups in total. The molecule has 32 heavy (non-hydrogen) atoms. The Kier molecular flexibility index (Phi) is 7.60. The number of rotatable bonds is 6. The van der Waals surface area contributed by atoms with Gasteiger partial charge in [0.05, 0.1) is 21.1 Å². The van der Waals surface area contributed by atoms with Gasteiger partial charge in [-0.15, -0.1) is 0 Å². The van der Waals surface area contributed by atoms with E-state index in [1.54, 1.807) is 0 Å². The topological polar surface area (TPSA) is 33.4 Å². The van der Waals surface area contributed by atoms with E-state index in [1.807, 2.05) is 35.4 Å². The van der Waals surface area contributed by atoms with Crippen LogP contribution in [0.5, 0.6) is 0 Å². The van der Waals surface area contributed by atoms with Crippen molar-refractivity contribution in [2.45, 2.75) is 71.0 Å². The summed E-state index contributed by atoms with van der Waals surface area (Å²) in [5.74, 6) is 1.70. The van der Waals surface area contributed by atoms with Crippen molar-refractivity contribution in [2.24, 2.45) is 11.8 Å². The van der Waals surface area contributed by atoms with E-state index >= 15 is 0 Å². The molecule has 1 saturated carbocycles. The normalized spacial score (nSPS) is 23.6. The SMILES string of the molecule is CC(C)C1CCC(N2CCC(n3c(=O)n(CCN(C)C)c4cc(Cl)c(Cl)cc43)CC2)CC1.